The van der Waals surface area contributed by atoms with Gasteiger partial charge in [0, 0.05) is 5.92 Å². The van der Waals surface area contributed by atoms with Gasteiger partial charge in [-0.2, -0.15) is 0 Å². The minimum absolute atomic E-state index is 0.0946. The second-order valence-electron chi connectivity index (χ2n) is 3.40. The molecule has 12 heavy (non-hydrogen) atoms. The Morgan fingerprint density at radius 1 is 1.17 bits per heavy atom. The van der Waals surface area contributed by atoms with Gasteiger partial charge in [0.1, 0.15) is 12.2 Å². The minimum Gasteiger partial charge on any atom is -0.394 e. The molecule has 3 N–H and O–H groups in total. The quantitative estimate of drug-likeness (QED) is 0.485. The second-order valence-corrected chi connectivity index (χ2v) is 3.40. The number of ether oxygens (including phenoxy) is 1. The van der Waals surface area contributed by atoms with Crippen molar-refractivity contribution in [1.29, 1.82) is 0 Å². The Morgan fingerprint density at radius 3 is 2.25 bits per heavy atom. The number of rotatable bonds is 1. The van der Waals surface area contributed by atoms with Gasteiger partial charge in [0.25, 0.3) is 0 Å². The first kappa shape index (κ1) is 9.92. The molecule has 0 spiro atoms. The van der Waals surface area contributed by atoms with Crippen LogP contribution in [0.1, 0.15) is 13.8 Å². The number of aliphatic hydroxyl groups is 3. The van der Waals surface area contributed by atoms with E-state index in [2.05, 4.69) is 0 Å². The highest BCUT2D eigenvalue weighted by atomic mass is 16.5. The first-order valence-electron chi connectivity index (χ1n) is 4.20. The van der Waals surface area contributed by atoms with Crippen molar-refractivity contribution < 1.29 is 20.1 Å². The molecular weight excluding hydrogens is 160 g/mol. The molecule has 2 unspecified atom stereocenters. The van der Waals surface area contributed by atoms with Crippen molar-refractivity contribution in [2.45, 2.75) is 38.3 Å². The van der Waals surface area contributed by atoms with Crippen molar-refractivity contribution in [2.24, 2.45) is 5.92 Å². The fourth-order valence-electron chi connectivity index (χ4n) is 1.44. The van der Waals surface area contributed by atoms with E-state index in [0.29, 0.717) is 0 Å². The first-order chi connectivity index (χ1) is 5.57. The Bertz CT molecular complexity index is 145. The molecule has 0 radical (unpaired) electrons. The largest absolute Gasteiger partial charge is 0.394 e. The van der Waals surface area contributed by atoms with E-state index in [1.165, 1.54) is 0 Å². The Kier molecular flexibility index (Phi) is 3.06. The van der Waals surface area contributed by atoms with Gasteiger partial charge in [-0.3, -0.25) is 0 Å². The van der Waals surface area contributed by atoms with E-state index in [1.54, 1.807) is 0 Å². The number of aliphatic hydroxyl groups excluding tert-OH is 3. The van der Waals surface area contributed by atoms with Crippen molar-refractivity contribution in [1.82, 2.24) is 0 Å². The van der Waals surface area contributed by atoms with Crippen LogP contribution in [0.2, 0.25) is 0 Å². The molecule has 5 atom stereocenters. The lowest BCUT2D eigenvalue weighted by Gasteiger charge is -2.39. The van der Waals surface area contributed by atoms with E-state index < -0.39 is 18.3 Å². The average Bonchev–Trinajstić information content (AvgIpc) is 2.08. The summed E-state index contributed by atoms with van der Waals surface area (Å²) in [4.78, 5) is 0. The summed E-state index contributed by atoms with van der Waals surface area (Å²) in [5.41, 5.74) is 0. The summed E-state index contributed by atoms with van der Waals surface area (Å²) in [5, 5.41) is 27.7. The van der Waals surface area contributed by atoms with Gasteiger partial charge in [-0.15, -0.1) is 0 Å². The van der Waals surface area contributed by atoms with Crippen LogP contribution in [0.15, 0.2) is 0 Å². The highest BCUT2D eigenvalue weighted by Crippen LogP contribution is 2.25. The molecule has 72 valence electrons. The molecule has 1 aliphatic heterocycles. The lowest BCUT2D eigenvalue weighted by molar-refractivity contribution is -0.200. The molecular formula is C8H16O4. The van der Waals surface area contributed by atoms with Gasteiger partial charge >= 0.3 is 0 Å². The molecule has 1 fully saturated rings. The van der Waals surface area contributed by atoms with Crippen LogP contribution in [-0.2, 0) is 4.74 Å². The van der Waals surface area contributed by atoms with Gasteiger partial charge < -0.3 is 20.1 Å². The molecule has 0 bridgehead atoms. The van der Waals surface area contributed by atoms with E-state index in [1.807, 2.05) is 13.8 Å². The Morgan fingerprint density at radius 2 is 1.75 bits per heavy atom. The third-order valence-electron chi connectivity index (χ3n) is 2.58. The molecule has 0 aromatic carbocycles. The SMILES string of the molecule is CC1[C@H](C)OC(CO)[C@@H](O)[C@H]1O. The van der Waals surface area contributed by atoms with Crippen LogP contribution in [0.4, 0.5) is 0 Å². The van der Waals surface area contributed by atoms with E-state index in [-0.39, 0.29) is 18.6 Å². The summed E-state index contributed by atoms with van der Waals surface area (Å²) in [6.45, 7) is 3.38. The second kappa shape index (κ2) is 3.70. The fourth-order valence-corrected chi connectivity index (χ4v) is 1.44. The normalized spacial score (nSPS) is 49.2. The van der Waals surface area contributed by atoms with Crippen LogP contribution in [0.3, 0.4) is 0 Å². The fraction of sp³-hybridized carbons (Fsp3) is 1.00. The summed E-state index contributed by atoms with van der Waals surface area (Å²) in [7, 11) is 0. The number of hydrogen-bond acceptors (Lipinski definition) is 4. The molecule has 1 heterocycles. The van der Waals surface area contributed by atoms with Crippen molar-refractivity contribution in [3.8, 4) is 0 Å². The predicted octanol–water partition coefficient (Wildman–Crippen LogP) is -0.876. The maximum Gasteiger partial charge on any atom is 0.109 e. The smallest absolute Gasteiger partial charge is 0.109 e. The Hall–Kier alpha value is -0.160. The summed E-state index contributed by atoms with van der Waals surface area (Å²) < 4.78 is 5.27. The maximum absolute atomic E-state index is 9.48. The topological polar surface area (TPSA) is 69.9 Å². The summed E-state index contributed by atoms with van der Waals surface area (Å²) in [5.74, 6) is -0.0946. The molecule has 1 rings (SSSR count). The Labute approximate surface area is 71.8 Å². The third kappa shape index (κ3) is 1.61. The van der Waals surface area contributed by atoms with Crippen molar-refractivity contribution in [3.05, 3.63) is 0 Å². The molecule has 0 aromatic rings. The zero-order valence-electron chi connectivity index (χ0n) is 7.34. The monoisotopic (exact) mass is 176 g/mol. The molecule has 0 saturated carbocycles. The summed E-state index contributed by atoms with van der Waals surface area (Å²) in [6.07, 6.45) is -2.54. The molecule has 0 aromatic heterocycles. The van der Waals surface area contributed by atoms with E-state index >= 15 is 0 Å². The molecule has 4 heteroatoms. The Balaban J connectivity index is 2.63. The standard InChI is InChI=1S/C8H16O4/c1-4-5(2)12-6(3-9)8(11)7(4)10/h4-11H,3H2,1-2H3/t4?,5-,6?,7-,8+/m0/s1. The molecule has 4 nitrogen and oxygen atoms in total. The maximum atomic E-state index is 9.48. The van der Waals surface area contributed by atoms with Gasteiger partial charge in [0.2, 0.25) is 0 Å². The predicted molar refractivity (Wildman–Crippen MR) is 42.6 cm³/mol. The molecule has 1 aliphatic rings. The first-order valence-corrected chi connectivity index (χ1v) is 4.20. The van der Waals surface area contributed by atoms with Crippen molar-refractivity contribution >= 4 is 0 Å². The van der Waals surface area contributed by atoms with Crippen LogP contribution < -0.4 is 0 Å². The lowest BCUT2D eigenvalue weighted by atomic mass is 9.89. The number of hydrogen-bond donors (Lipinski definition) is 3. The molecule has 1 saturated heterocycles. The zero-order chi connectivity index (χ0) is 9.30. The highest BCUT2D eigenvalue weighted by molar-refractivity contribution is 4.87. The minimum atomic E-state index is -0.971. The van der Waals surface area contributed by atoms with Crippen LogP contribution in [-0.4, -0.2) is 46.3 Å². The van der Waals surface area contributed by atoms with Crippen LogP contribution in [0, 0.1) is 5.92 Å². The van der Waals surface area contributed by atoms with Gasteiger partial charge in [0.05, 0.1) is 18.8 Å². The van der Waals surface area contributed by atoms with Gasteiger partial charge in [-0.25, -0.2) is 0 Å². The van der Waals surface area contributed by atoms with Gasteiger partial charge in [-0.1, -0.05) is 6.92 Å². The van der Waals surface area contributed by atoms with Crippen LogP contribution in [0.25, 0.3) is 0 Å². The van der Waals surface area contributed by atoms with Crippen molar-refractivity contribution in [2.75, 3.05) is 6.61 Å². The van der Waals surface area contributed by atoms with Crippen LogP contribution in [0.5, 0.6) is 0 Å². The van der Waals surface area contributed by atoms with E-state index in [0.717, 1.165) is 0 Å². The lowest BCUT2D eigenvalue weighted by Crippen LogP contribution is -2.53. The van der Waals surface area contributed by atoms with Crippen molar-refractivity contribution in [3.63, 3.8) is 0 Å². The molecule has 0 aliphatic carbocycles. The summed E-state index contributed by atoms with van der Waals surface area (Å²) >= 11 is 0. The average molecular weight is 176 g/mol. The van der Waals surface area contributed by atoms with Crippen LogP contribution >= 0.6 is 0 Å². The summed E-state index contributed by atoms with van der Waals surface area (Å²) in [6, 6.07) is 0. The highest BCUT2D eigenvalue weighted by Gasteiger charge is 2.39. The van der Waals surface area contributed by atoms with E-state index in [4.69, 9.17) is 9.84 Å². The molecule has 0 amide bonds. The van der Waals surface area contributed by atoms with Gasteiger partial charge in [0.15, 0.2) is 0 Å². The van der Waals surface area contributed by atoms with E-state index in [9.17, 15) is 10.2 Å². The third-order valence-corrected chi connectivity index (χ3v) is 2.58. The van der Waals surface area contributed by atoms with Gasteiger partial charge in [-0.05, 0) is 6.92 Å². The zero-order valence-corrected chi connectivity index (χ0v) is 7.34.